The molecule has 0 saturated carbocycles. The van der Waals surface area contributed by atoms with Gasteiger partial charge in [0.2, 0.25) is 17.6 Å². The largest absolute Gasteiger partial charge is 0.355 e. The topological polar surface area (TPSA) is 71.3 Å². The summed E-state index contributed by atoms with van der Waals surface area (Å²) in [6, 6.07) is 12.5. The molecule has 6 nitrogen and oxygen atoms in total. The zero-order valence-corrected chi connectivity index (χ0v) is 21.6. The summed E-state index contributed by atoms with van der Waals surface area (Å²) in [5.41, 5.74) is 1.42. The van der Waals surface area contributed by atoms with Crippen molar-refractivity contribution in [3.05, 3.63) is 69.2 Å². The van der Waals surface area contributed by atoms with Gasteiger partial charge in [-0.05, 0) is 62.3 Å². The van der Waals surface area contributed by atoms with Gasteiger partial charge in [0.25, 0.3) is 0 Å². The molecule has 1 amide bonds. The molecule has 1 saturated heterocycles. The average molecular weight is 568 g/mol. The van der Waals surface area contributed by atoms with Crippen LogP contribution in [0.5, 0.6) is 0 Å². The van der Waals surface area contributed by atoms with Crippen molar-refractivity contribution in [1.82, 2.24) is 20.4 Å². The molecule has 0 bridgehead atoms. The number of carbonyl (C=O) groups is 1. The van der Waals surface area contributed by atoms with Gasteiger partial charge in [-0.25, -0.2) is 4.39 Å². The molecule has 2 aromatic carbocycles. The van der Waals surface area contributed by atoms with Crippen LogP contribution in [0.2, 0.25) is 5.02 Å². The second-order valence-electron chi connectivity index (χ2n) is 8.11. The highest BCUT2D eigenvalue weighted by Crippen LogP contribution is 2.24. The summed E-state index contributed by atoms with van der Waals surface area (Å²) in [7, 11) is 0. The molecule has 4 rings (SSSR count). The molecule has 2 heterocycles. The van der Waals surface area contributed by atoms with E-state index >= 15 is 0 Å². The maximum atomic E-state index is 13.8. The SMILES string of the molecule is O=C(NCCSCc1c(F)cccc1Cl)C1CCN(Cc2nc(-c3ccc(Br)cc3)no2)CC1. The molecule has 0 atom stereocenters. The maximum absolute atomic E-state index is 13.8. The van der Waals surface area contributed by atoms with Crippen molar-refractivity contribution in [1.29, 1.82) is 0 Å². The van der Waals surface area contributed by atoms with E-state index in [0.717, 1.165) is 36.0 Å². The van der Waals surface area contributed by atoms with E-state index in [9.17, 15) is 9.18 Å². The van der Waals surface area contributed by atoms with Gasteiger partial charge in [-0.15, -0.1) is 0 Å². The molecule has 180 valence electrons. The van der Waals surface area contributed by atoms with Crippen LogP contribution in [0.1, 0.15) is 24.3 Å². The normalized spacial score (nSPS) is 14.9. The van der Waals surface area contributed by atoms with Crippen molar-refractivity contribution in [2.45, 2.75) is 25.1 Å². The lowest BCUT2D eigenvalue weighted by molar-refractivity contribution is -0.126. The van der Waals surface area contributed by atoms with Crippen molar-refractivity contribution in [2.24, 2.45) is 5.92 Å². The lowest BCUT2D eigenvalue weighted by Crippen LogP contribution is -2.40. The van der Waals surface area contributed by atoms with Gasteiger partial charge in [-0.3, -0.25) is 9.69 Å². The van der Waals surface area contributed by atoms with Crippen LogP contribution < -0.4 is 5.32 Å². The molecule has 0 spiro atoms. The number of nitrogens with one attached hydrogen (secondary N) is 1. The van der Waals surface area contributed by atoms with Crippen LogP contribution in [0.15, 0.2) is 51.5 Å². The standard InChI is InChI=1S/C24H25BrClFN4O2S/c25-18-6-4-16(5-7-18)23-29-22(33-30-23)14-31-11-8-17(9-12-31)24(32)28-10-13-34-15-19-20(26)2-1-3-21(19)27/h1-7,17H,8-15H2,(H,28,32). The first kappa shape index (κ1) is 25.2. The Hall–Kier alpha value is -1.94. The van der Waals surface area contributed by atoms with Crippen molar-refractivity contribution in [3.63, 3.8) is 0 Å². The van der Waals surface area contributed by atoms with E-state index in [1.165, 1.54) is 6.07 Å². The summed E-state index contributed by atoms with van der Waals surface area (Å²) in [6.45, 7) is 2.73. The Labute approximate surface area is 215 Å². The van der Waals surface area contributed by atoms with Gasteiger partial charge in [0, 0.05) is 44.6 Å². The Morgan fingerprint density at radius 2 is 2.00 bits per heavy atom. The number of piperidine rings is 1. The van der Waals surface area contributed by atoms with Crippen LogP contribution in [0.4, 0.5) is 4.39 Å². The maximum Gasteiger partial charge on any atom is 0.241 e. The van der Waals surface area contributed by atoms with Crippen molar-refractivity contribution >= 4 is 45.2 Å². The van der Waals surface area contributed by atoms with E-state index in [0.29, 0.717) is 46.9 Å². The number of benzene rings is 2. The fourth-order valence-electron chi connectivity index (χ4n) is 3.82. The van der Waals surface area contributed by atoms with Crippen LogP contribution >= 0.6 is 39.3 Å². The summed E-state index contributed by atoms with van der Waals surface area (Å²) in [6.07, 6.45) is 1.58. The molecule has 0 radical (unpaired) electrons. The molecule has 1 fully saturated rings. The monoisotopic (exact) mass is 566 g/mol. The number of carbonyl (C=O) groups excluding carboxylic acids is 1. The first-order valence-corrected chi connectivity index (χ1v) is 13.4. The molecule has 1 aromatic heterocycles. The first-order valence-electron chi connectivity index (χ1n) is 11.1. The van der Waals surface area contributed by atoms with Crippen molar-refractivity contribution < 1.29 is 13.7 Å². The lowest BCUT2D eigenvalue weighted by atomic mass is 9.96. The van der Waals surface area contributed by atoms with Gasteiger partial charge in [0.05, 0.1) is 6.54 Å². The minimum absolute atomic E-state index is 0.00303. The van der Waals surface area contributed by atoms with Gasteiger partial charge in [0.15, 0.2) is 0 Å². The second kappa shape index (κ2) is 12.2. The van der Waals surface area contributed by atoms with E-state index in [4.69, 9.17) is 16.1 Å². The minimum Gasteiger partial charge on any atom is -0.355 e. The van der Waals surface area contributed by atoms with E-state index < -0.39 is 0 Å². The minimum atomic E-state index is -0.291. The summed E-state index contributed by atoms with van der Waals surface area (Å²) in [5.74, 6) is 2.13. The molecule has 0 aliphatic carbocycles. The van der Waals surface area contributed by atoms with Gasteiger partial charge in [0.1, 0.15) is 5.82 Å². The lowest BCUT2D eigenvalue weighted by Gasteiger charge is -2.30. The summed E-state index contributed by atoms with van der Waals surface area (Å²) >= 11 is 11.0. The van der Waals surface area contributed by atoms with Crippen LogP contribution in [0.3, 0.4) is 0 Å². The number of aromatic nitrogens is 2. The summed E-state index contributed by atoms with van der Waals surface area (Å²) < 4.78 is 20.2. The van der Waals surface area contributed by atoms with Gasteiger partial charge in [-0.2, -0.15) is 16.7 Å². The van der Waals surface area contributed by atoms with Crippen molar-refractivity contribution in [3.8, 4) is 11.4 Å². The van der Waals surface area contributed by atoms with E-state index in [1.807, 2.05) is 24.3 Å². The van der Waals surface area contributed by atoms with Crippen LogP contribution in [-0.4, -0.2) is 46.3 Å². The third kappa shape index (κ3) is 6.81. The van der Waals surface area contributed by atoms with E-state index in [-0.39, 0.29) is 17.6 Å². The number of rotatable bonds is 9. The molecular formula is C24H25BrClFN4O2S. The molecule has 1 N–H and O–H groups in total. The van der Waals surface area contributed by atoms with E-state index in [2.05, 4.69) is 36.3 Å². The number of hydrogen-bond acceptors (Lipinski definition) is 6. The van der Waals surface area contributed by atoms with Gasteiger partial charge < -0.3 is 9.84 Å². The highest BCUT2D eigenvalue weighted by Gasteiger charge is 2.25. The van der Waals surface area contributed by atoms with Crippen molar-refractivity contribution in [2.75, 3.05) is 25.4 Å². The zero-order valence-electron chi connectivity index (χ0n) is 18.5. The molecule has 10 heteroatoms. The Balaban J connectivity index is 1.15. The molecule has 0 unspecified atom stereocenters. The number of amides is 1. The van der Waals surface area contributed by atoms with Crippen LogP contribution in [0, 0.1) is 11.7 Å². The molecule has 34 heavy (non-hydrogen) atoms. The molecule has 3 aromatic rings. The fourth-order valence-corrected chi connectivity index (χ4v) is 5.28. The van der Waals surface area contributed by atoms with Crippen LogP contribution in [0.25, 0.3) is 11.4 Å². The number of nitrogens with zero attached hydrogens (tertiary/aromatic N) is 3. The Bertz CT molecular complexity index is 1090. The average Bonchev–Trinajstić information content (AvgIpc) is 3.30. The third-order valence-corrected chi connectivity index (χ3v) is 7.61. The first-order chi connectivity index (χ1) is 16.5. The number of halogens is 3. The number of thioether (sulfide) groups is 1. The molecule has 1 aliphatic rings. The van der Waals surface area contributed by atoms with Crippen LogP contribution in [-0.2, 0) is 17.1 Å². The number of hydrogen-bond donors (Lipinski definition) is 1. The molecule has 1 aliphatic heterocycles. The second-order valence-corrected chi connectivity index (χ2v) is 10.5. The predicted molar refractivity (Wildman–Crippen MR) is 136 cm³/mol. The highest BCUT2D eigenvalue weighted by molar-refractivity contribution is 9.10. The summed E-state index contributed by atoms with van der Waals surface area (Å²) in [4.78, 5) is 19.3. The smallest absolute Gasteiger partial charge is 0.241 e. The zero-order chi connectivity index (χ0) is 23.9. The van der Waals surface area contributed by atoms with Gasteiger partial charge in [-0.1, -0.05) is 38.8 Å². The predicted octanol–water partition coefficient (Wildman–Crippen LogP) is 5.55. The Morgan fingerprint density at radius 3 is 2.74 bits per heavy atom. The Kier molecular flexibility index (Phi) is 8.99. The quantitative estimate of drug-likeness (QED) is 0.342. The van der Waals surface area contributed by atoms with Gasteiger partial charge >= 0.3 is 0 Å². The third-order valence-electron chi connectivity index (χ3n) is 5.74. The highest BCUT2D eigenvalue weighted by atomic mass is 79.9. The summed E-state index contributed by atoms with van der Waals surface area (Å²) in [5, 5.41) is 7.53. The van der Waals surface area contributed by atoms with E-state index in [1.54, 1.807) is 23.9 Å². The Morgan fingerprint density at radius 1 is 1.24 bits per heavy atom. The number of likely N-dealkylation sites (tertiary alicyclic amines) is 1. The fraction of sp³-hybridized carbons (Fsp3) is 0.375. The molecular weight excluding hydrogens is 543 g/mol.